The number of amides is 1. The predicted molar refractivity (Wildman–Crippen MR) is 119 cm³/mol. The van der Waals surface area contributed by atoms with Crippen molar-refractivity contribution in [2.45, 2.75) is 31.6 Å². The van der Waals surface area contributed by atoms with E-state index in [1.165, 1.54) is 26.4 Å². The fraction of sp³-hybridized carbons (Fsp3) is 0.318. The van der Waals surface area contributed by atoms with Crippen molar-refractivity contribution in [3.05, 3.63) is 53.6 Å². The van der Waals surface area contributed by atoms with Gasteiger partial charge in [-0.3, -0.25) is 4.79 Å². The van der Waals surface area contributed by atoms with Crippen LogP contribution in [0.5, 0.6) is 11.5 Å². The Morgan fingerprint density at radius 2 is 1.90 bits per heavy atom. The van der Waals surface area contributed by atoms with Crippen LogP contribution in [0.25, 0.3) is 6.08 Å². The third-order valence-electron chi connectivity index (χ3n) is 4.34. The third-order valence-corrected chi connectivity index (χ3v) is 5.80. The van der Waals surface area contributed by atoms with Crippen molar-refractivity contribution in [3.63, 3.8) is 0 Å². The number of unbranched alkanes of at least 4 members (excludes halogenated alkanes) is 1. The normalized spacial score (nSPS) is 11.5. The minimum Gasteiger partial charge on any atom is -0.493 e. The maximum Gasteiger partial charge on any atom is 0.255 e. The van der Waals surface area contributed by atoms with Gasteiger partial charge in [0.15, 0.2) is 11.5 Å². The number of methoxy groups -OCH3 is 2. The van der Waals surface area contributed by atoms with Crippen LogP contribution in [0.4, 0.5) is 5.69 Å². The first-order valence-corrected chi connectivity index (χ1v) is 11.1. The average molecular weight is 433 g/mol. The fourth-order valence-electron chi connectivity index (χ4n) is 2.84. The Labute approximate surface area is 178 Å². The number of hydrogen-bond donors (Lipinski definition) is 2. The largest absolute Gasteiger partial charge is 0.493 e. The van der Waals surface area contributed by atoms with E-state index in [0.717, 1.165) is 12.8 Å². The molecule has 0 heterocycles. The Morgan fingerprint density at radius 3 is 2.53 bits per heavy atom. The Balaban J connectivity index is 2.29. The number of ether oxygens (including phenoxy) is 2. The fourth-order valence-corrected chi connectivity index (χ4v) is 3.96. The van der Waals surface area contributed by atoms with Crippen molar-refractivity contribution < 1.29 is 22.7 Å². The number of hydrogen-bond acceptors (Lipinski definition) is 5. The lowest BCUT2D eigenvalue weighted by molar-refractivity contribution is 0.102. The summed E-state index contributed by atoms with van der Waals surface area (Å²) in [5.74, 6) is 0.559. The summed E-state index contributed by atoms with van der Waals surface area (Å²) in [6.45, 7) is 4.22. The van der Waals surface area contributed by atoms with Crippen LogP contribution in [0.15, 0.2) is 47.4 Å². The van der Waals surface area contributed by atoms with E-state index in [9.17, 15) is 13.2 Å². The van der Waals surface area contributed by atoms with Crippen LogP contribution in [-0.2, 0) is 10.0 Å². The molecule has 0 saturated heterocycles. The summed E-state index contributed by atoms with van der Waals surface area (Å²) in [5, 5.41) is 2.74. The molecule has 2 aromatic rings. The highest BCUT2D eigenvalue weighted by molar-refractivity contribution is 7.89. The number of anilines is 1. The van der Waals surface area contributed by atoms with Gasteiger partial charge in [-0.05, 0) is 43.7 Å². The van der Waals surface area contributed by atoms with E-state index >= 15 is 0 Å². The average Bonchev–Trinajstić information content (AvgIpc) is 2.73. The van der Waals surface area contributed by atoms with Crippen LogP contribution < -0.4 is 19.5 Å². The van der Waals surface area contributed by atoms with Crippen molar-refractivity contribution in [1.29, 1.82) is 0 Å². The van der Waals surface area contributed by atoms with Crippen molar-refractivity contribution >= 4 is 27.7 Å². The van der Waals surface area contributed by atoms with Crippen molar-refractivity contribution in [1.82, 2.24) is 4.72 Å². The van der Waals surface area contributed by atoms with Gasteiger partial charge in [0.2, 0.25) is 10.0 Å². The highest BCUT2D eigenvalue weighted by Gasteiger charge is 2.17. The molecular formula is C22H28N2O5S. The van der Waals surface area contributed by atoms with Crippen LogP contribution >= 0.6 is 0 Å². The minimum atomic E-state index is -3.64. The molecule has 1 amide bonds. The molecular weight excluding hydrogens is 404 g/mol. The molecule has 7 nitrogen and oxygen atoms in total. The first kappa shape index (κ1) is 23.4. The van der Waals surface area contributed by atoms with Gasteiger partial charge in [-0.2, -0.15) is 0 Å². The van der Waals surface area contributed by atoms with Crippen molar-refractivity contribution in [2.75, 3.05) is 26.1 Å². The van der Waals surface area contributed by atoms with Crippen LogP contribution in [0.2, 0.25) is 0 Å². The maximum absolute atomic E-state index is 12.8. The molecule has 0 fully saturated rings. The quantitative estimate of drug-likeness (QED) is 0.552. The van der Waals surface area contributed by atoms with Gasteiger partial charge in [0.1, 0.15) is 0 Å². The Kier molecular flexibility index (Phi) is 8.44. The minimum absolute atomic E-state index is 0.0957. The van der Waals surface area contributed by atoms with E-state index in [0.29, 0.717) is 34.9 Å². The van der Waals surface area contributed by atoms with Gasteiger partial charge in [0.25, 0.3) is 5.91 Å². The van der Waals surface area contributed by atoms with Crippen LogP contribution in [0.3, 0.4) is 0 Å². The van der Waals surface area contributed by atoms with Gasteiger partial charge in [0, 0.05) is 23.4 Å². The van der Waals surface area contributed by atoms with Gasteiger partial charge in [-0.1, -0.05) is 31.6 Å². The maximum atomic E-state index is 12.8. The molecule has 0 radical (unpaired) electrons. The second-order valence-corrected chi connectivity index (χ2v) is 8.30. The zero-order valence-corrected chi connectivity index (χ0v) is 18.5. The van der Waals surface area contributed by atoms with Crippen LogP contribution in [0, 0.1) is 0 Å². The van der Waals surface area contributed by atoms with E-state index in [4.69, 9.17) is 9.47 Å². The Morgan fingerprint density at radius 1 is 1.13 bits per heavy atom. The van der Waals surface area contributed by atoms with E-state index in [1.807, 2.05) is 26.0 Å². The molecule has 0 saturated carbocycles. The summed E-state index contributed by atoms with van der Waals surface area (Å²) in [4.78, 5) is 12.9. The number of carbonyl (C=O) groups excluding carboxylic acids is 1. The zero-order chi connectivity index (χ0) is 22.1. The number of sulfonamides is 1. The number of rotatable bonds is 10. The van der Waals surface area contributed by atoms with E-state index in [1.54, 1.807) is 24.3 Å². The summed E-state index contributed by atoms with van der Waals surface area (Å²) >= 11 is 0. The highest BCUT2D eigenvalue weighted by Crippen LogP contribution is 2.34. The van der Waals surface area contributed by atoms with Gasteiger partial charge in [-0.15, -0.1) is 0 Å². The molecule has 0 spiro atoms. The number of carbonyl (C=O) groups is 1. The molecule has 0 aliphatic carbocycles. The van der Waals surface area contributed by atoms with E-state index in [-0.39, 0.29) is 4.90 Å². The van der Waals surface area contributed by atoms with Crippen molar-refractivity contribution in [3.8, 4) is 11.5 Å². The second-order valence-electron chi connectivity index (χ2n) is 6.53. The van der Waals surface area contributed by atoms with Gasteiger partial charge < -0.3 is 14.8 Å². The standard InChI is InChI=1S/C22H28N2O5S/c1-5-7-12-23-30(26,27)19-11-8-10-18(15-19)24-22(25)17-13-16(9-6-2)21(29-4)20(14-17)28-3/h6,8-11,13-15,23H,5,7,12H2,1-4H3,(H,24,25). The van der Waals surface area contributed by atoms with Crippen molar-refractivity contribution in [2.24, 2.45) is 0 Å². The SMILES string of the molecule is CC=Cc1cc(C(=O)Nc2cccc(S(=O)(=O)NCCCC)c2)cc(OC)c1OC. The van der Waals surface area contributed by atoms with Crippen LogP contribution in [-0.4, -0.2) is 35.1 Å². The predicted octanol–water partition coefficient (Wildman–Crippen LogP) is 4.07. The van der Waals surface area contributed by atoms with Gasteiger partial charge in [-0.25, -0.2) is 13.1 Å². The second kappa shape index (κ2) is 10.8. The number of allylic oxidation sites excluding steroid dienone is 1. The number of benzene rings is 2. The lowest BCUT2D eigenvalue weighted by Crippen LogP contribution is -2.24. The molecule has 0 aliphatic heterocycles. The number of nitrogens with one attached hydrogen (secondary N) is 2. The molecule has 30 heavy (non-hydrogen) atoms. The van der Waals surface area contributed by atoms with Gasteiger partial charge in [0.05, 0.1) is 19.1 Å². The molecule has 2 rings (SSSR count). The lowest BCUT2D eigenvalue weighted by Gasteiger charge is -2.14. The highest BCUT2D eigenvalue weighted by atomic mass is 32.2. The monoisotopic (exact) mass is 432 g/mol. The zero-order valence-electron chi connectivity index (χ0n) is 17.7. The smallest absolute Gasteiger partial charge is 0.255 e. The molecule has 0 bridgehead atoms. The summed E-state index contributed by atoms with van der Waals surface area (Å²) in [7, 11) is -0.604. The third kappa shape index (κ3) is 5.84. The summed E-state index contributed by atoms with van der Waals surface area (Å²) in [6, 6.07) is 9.41. The first-order chi connectivity index (χ1) is 14.4. The lowest BCUT2D eigenvalue weighted by atomic mass is 10.1. The molecule has 0 atom stereocenters. The molecule has 162 valence electrons. The summed E-state index contributed by atoms with van der Waals surface area (Å²) in [6.07, 6.45) is 5.29. The van der Waals surface area contributed by atoms with E-state index in [2.05, 4.69) is 10.0 Å². The molecule has 8 heteroatoms. The van der Waals surface area contributed by atoms with Gasteiger partial charge >= 0.3 is 0 Å². The topological polar surface area (TPSA) is 93.7 Å². The van der Waals surface area contributed by atoms with E-state index < -0.39 is 15.9 Å². The molecule has 2 N–H and O–H groups in total. The molecule has 0 aromatic heterocycles. The summed E-state index contributed by atoms with van der Waals surface area (Å²) in [5.41, 5.74) is 1.43. The Hall–Kier alpha value is -2.84. The first-order valence-electron chi connectivity index (χ1n) is 9.66. The molecule has 0 aliphatic rings. The van der Waals surface area contributed by atoms with Crippen LogP contribution in [0.1, 0.15) is 42.6 Å². The molecule has 0 unspecified atom stereocenters. The molecule has 2 aromatic carbocycles. The Bertz CT molecular complexity index is 1020. The summed E-state index contributed by atoms with van der Waals surface area (Å²) < 4.78 is 38.1.